The molecule has 1 N–H and O–H groups in total. The van der Waals surface area contributed by atoms with E-state index in [1.54, 1.807) is 12.1 Å². The maximum absolute atomic E-state index is 11.7. The molecule has 0 saturated heterocycles. The number of hydrogen-bond donors (Lipinski definition) is 1. The van der Waals surface area contributed by atoms with Gasteiger partial charge in [0.05, 0.1) is 21.3 Å². The minimum absolute atomic E-state index is 0.251. The van der Waals surface area contributed by atoms with Gasteiger partial charge in [0, 0.05) is 13.0 Å². The smallest absolute Gasteiger partial charge is 0.306 e. The molecular weight excluding hydrogens is 302 g/mol. The van der Waals surface area contributed by atoms with E-state index in [-0.39, 0.29) is 25.0 Å². The van der Waals surface area contributed by atoms with Crippen molar-refractivity contribution in [2.24, 2.45) is 0 Å². The van der Waals surface area contributed by atoms with Crippen LogP contribution in [-0.4, -0.2) is 39.8 Å². The molecule has 1 aromatic carbocycles. The van der Waals surface area contributed by atoms with Crippen molar-refractivity contribution < 1.29 is 28.5 Å². The second-order valence-electron chi connectivity index (χ2n) is 4.72. The number of amides is 1. The quantitative estimate of drug-likeness (QED) is 0.696. The third kappa shape index (κ3) is 5.69. The van der Waals surface area contributed by atoms with Gasteiger partial charge in [0.1, 0.15) is 0 Å². The predicted octanol–water partition coefficient (Wildman–Crippen LogP) is 1.67. The Morgan fingerprint density at radius 1 is 1.04 bits per heavy atom. The summed E-state index contributed by atoms with van der Waals surface area (Å²) in [6.07, 6.45) is 0.992. The van der Waals surface area contributed by atoms with Gasteiger partial charge in [-0.3, -0.25) is 9.59 Å². The monoisotopic (exact) mass is 325 g/mol. The van der Waals surface area contributed by atoms with E-state index >= 15 is 0 Å². The molecule has 7 nitrogen and oxygen atoms in total. The Kier molecular flexibility index (Phi) is 7.73. The highest BCUT2D eigenvalue weighted by molar-refractivity contribution is 5.80. The first-order valence-corrected chi connectivity index (χ1v) is 7.26. The molecule has 0 aliphatic heterocycles. The van der Waals surface area contributed by atoms with Crippen molar-refractivity contribution in [1.82, 2.24) is 5.32 Å². The summed E-state index contributed by atoms with van der Waals surface area (Å²) in [5.74, 6) is 0.744. The fraction of sp³-hybridized carbons (Fsp3) is 0.500. The van der Waals surface area contributed by atoms with Gasteiger partial charge >= 0.3 is 5.97 Å². The Bertz CT molecular complexity index is 518. The molecule has 1 amide bonds. The van der Waals surface area contributed by atoms with Crippen LogP contribution in [-0.2, 0) is 20.9 Å². The molecule has 7 heteroatoms. The minimum atomic E-state index is -0.379. The van der Waals surface area contributed by atoms with Crippen molar-refractivity contribution in [2.75, 3.05) is 27.9 Å². The van der Waals surface area contributed by atoms with E-state index in [9.17, 15) is 9.59 Å². The zero-order valence-electron chi connectivity index (χ0n) is 13.9. The van der Waals surface area contributed by atoms with Gasteiger partial charge in [0.25, 0.3) is 5.91 Å². The molecule has 0 spiro atoms. The van der Waals surface area contributed by atoms with Crippen molar-refractivity contribution in [3.63, 3.8) is 0 Å². The van der Waals surface area contributed by atoms with E-state index in [4.69, 9.17) is 18.9 Å². The number of benzene rings is 1. The fourth-order valence-corrected chi connectivity index (χ4v) is 1.91. The second-order valence-corrected chi connectivity index (χ2v) is 4.72. The molecule has 0 unspecified atom stereocenters. The minimum Gasteiger partial charge on any atom is -0.493 e. The van der Waals surface area contributed by atoms with Gasteiger partial charge in [-0.25, -0.2) is 0 Å². The normalized spacial score (nSPS) is 9.91. The lowest BCUT2D eigenvalue weighted by molar-refractivity contribution is -0.148. The number of methoxy groups -OCH3 is 3. The number of carbonyl (C=O) groups is 2. The predicted molar refractivity (Wildman–Crippen MR) is 83.8 cm³/mol. The first-order chi connectivity index (χ1) is 11.0. The van der Waals surface area contributed by atoms with Crippen LogP contribution in [0.3, 0.4) is 0 Å². The van der Waals surface area contributed by atoms with Gasteiger partial charge < -0.3 is 24.3 Å². The van der Waals surface area contributed by atoms with Crippen LogP contribution in [0.15, 0.2) is 12.1 Å². The molecule has 23 heavy (non-hydrogen) atoms. The van der Waals surface area contributed by atoms with Crippen molar-refractivity contribution in [2.45, 2.75) is 26.3 Å². The number of nitrogens with one attached hydrogen (secondary N) is 1. The molecule has 0 radical (unpaired) electrons. The summed E-state index contributed by atoms with van der Waals surface area (Å²) in [5, 5.41) is 2.67. The molecule has 0 heterocycles. The van der Waals surface area contributed by atoms with Gasteiger partial charge in [-0.1, -0.05) is 6.92 Å². The SMILES string of the molecule is CCCC(=O)OCC(=O)NCc1cc(OC)c(OC)c(OC)c1. The summed E-state index contributed by atoms with van der Waals surface area (Å²) in [7, 11) is 4.56. The third-order valence-corrected chi connectivity index (χ3v) is 3.03. The molecule has 0 aliphatic carbocycles. The molecule has 0 aromatic heterocycles. The summed E-state index contributed by atoms with van der Waals surface area (Å²) in [5.41, 5.74) is 0.771. The lowest BCUT2D eigenvalue weighted by Gasteiger charge is -2.14. The highest BCUT2D eigenvalue weighted by Gasteiger charge is 2.14. The van der Waals surface area contributed by atoms with E-state index in [1.165, 1.54) is 21.3 Å². The molecule has 0 saturated carbocycles. The van der Waals surface area contributed by atoms with E-state index in [2.05, 4.69) is 5.32 Å². The first-order valence-electron chi connectivity index (χ1n) is 7.26. The summed E-state index contributed by atoms with van der Waals surface area (Å²) in [6, 6.07) is 3.48. The van der Waals surface area contributed by atoms with Crippen LogP contribution < -0.4 is 19.5 Å². The van der Waals surface area contributed by atoms with Gasteiger partial charge in [-0.2, -0.15) is 0 Å². The van der Waals surface area contributed by atoms with Crippen LogP contribution in [0, 0.1) is 0 Å². The van der Waals surface area contributed by atoms with Crippen LogP contribution in [0.2, 0.25) is 0 Å². The Balaban J connectivity index is 2.63. The van der Waals surface area contributed by atoms with E-state index < -0.39 is 0 Å². The number of ether oxygens (including phenoxy) is 4. The summed E-state index contributed by atoms with van der Waals surface area (Å²) >= 11 is 0. The Morgan fingerprint density at radius 2 is 1.65 bits per heavy atom. The second kappa shape index (κ2) is 9.55. The zero-order chi connectivity index (χ0) is 17.2. The average Bonchev–Trinajstić information content (AvgIpc) is 2.57. The van der Waals surface area contributed by atoms with E-state index in [0.29, 0.717) is 30.1 Å². The van der Waals surface area contributed by atoms with E-state index in [1.807, 2.05) is 6.92 Å². The fourth-order valence-electron chi connectivity index (χ4n) is 1.91. The Hall–Kier alpha value is -2.44. The summed E-state index contributed by atoms with van der Waals surface area (Å²) < 4.78 is 20.6. The van der Waals surface area contributed by atoms with Gasteiger partial charge in [0.2, 0.25) is 5.75 Å². The van der Waals surface area contributed by atoms with Crippen LogP contribution in [0.1, 0.15) is 25.3 Å². The molecule has 0 fully saturated rings. The van der Waals surface area contributed by atoms with Crippen LogP contribution in [0.5, 0.6) is 17.2 Å². The third-order valence-electron chi connectivity index (χ3n) is 3.03. The van der Waals surface area contributed by atoms with Crippen molar-refractivity contribution in [1.29, 1.82) is 0 Å². The topological polar surface area (TPSA) is 83.1 Å². The number of rotatable bonds is 9. The molecule has 1 rings (SSSR count). The maximum atomic E-state index is 11.7. The summed E-state index contributed by atoms with van der Waals surface area (Å²) in [4.78, 5) is 22.9. The van der Waals surface area contributed by atoms with Crippen molar-refractivity contribution in [3.8, 4) is 17.2 Å². The van der Waals surface area contributed by atoms with Crippen LogP contribution in [0.4, 0.5) is 0 Å². The Morgan fingerprint density at radius 3 is 2.13 bits per heavy atom. The maximum Gasteiger partial charge on any atom is 0.306 e. The largest absolute Gasteiger partial charge is 0.493 e. The van der Waals surface area contributed by atoms with Crippen molar-refractivity contribution in [3.05, 3.63) is 17.7 Å². The molecule has 0 atom stereocenters. The zero-order valence-corrected chi connectivity index (χ0v) is 13.9. The van der Waals surface area contributed by atoms with Crippen LogP contribution >= 0.6 is 0 Å². The lowest BCUT2D eigenvalue weighted by atomic mass is 10.1. The number of esters is 1. The molecule has 0 bridgehead atoms. The average molecular weight is 325 g/mol. The number of hydrogen-bond acceptors (Lipinski definition) is 6. The Labute approximate surface area is 135 Å². The van der Waals surface area contributed by atoms with Gasteiger partial charge in [0.15, 0.2) is 18.1 Å². The first kappa shape index (κ1) is 18.6. The molecular formula is C16H23NO6. The van der Waals surface area contributed by atoms with E-state index in [0.717, 1.165) is 5.56 Å². The van der Waals surface area contributed by atoms with Gasteiger partial charge in [-0.15, -0.1) is 0 Å². The highest BCUT2D eigenvalue weighted by atomic mass is 16.5. The highest BCUT2D eigenvalue weighted by Crippen LogP contribution is 2.38. The van der Waals surface area contributed by atoms with Crippen LogP contribution in [0.25, 0.3) is 0 Å². The van der Waals surface area contributed by atoms with Gasteiger partial charge in [-0.05, 0) is 24.1 Å². The standard InChI is InChI=1S/C16H23NO6/c1-5-6-15(19)23-10-14(18)17-9-11-7-12(20-2)16(22-4)13(8-11)21-3/h7-8H,5-6,9-10H2,1-4H3,(H,17,18). The molecule has 0 aliphatic rings. The molecule has 128 valence electrons. The summed E-state index contributed by atoms with van der Waals surface area (Å²) in [6.45, 7) is 1.83. The lowest BCUT2D eigenvalue weighted by Crippen LogP contribution is -2.28. The number of carbonyl (C=O) groups excluding carboxylic acids is 2. The van der Waals surface area contributed by atoms with Crippen molar-refractivity contribution >= 4 is 11.9 Å². The molecule has 1 aromatic rings.